The summed E-state index contributed by atoms with van der Waals surface area (Å²) in [6.45, 7) is 0.700. The van der Waals surface area contributed by atoms with Gasteiger partial charge >= 0.3 is 0 Å². The van der Waals surface area contributed by atoms with E-state index in [4.69, 9.17) is 34.3 Å². The third-order valence-corrected chi connectivity index (χ3v) is 2.93. The highest BCUT2D eigenvalue weighted by molar-refractivity contribution is 7.80. The molecule has 0 saturated heterocycles. The zero-order valence-corrected chi connectivity index (χ0v) is 12.0. The Morgan fingerprint density at radius 1 is 1.61 bits per heavy atom. The molecule has 0 radical (unpaired) electrons. The number of nitrogens with zero attached hydrogens (tertiary/aromatic N) is 1. The van der Waals surface area contributed by atoms with Crippen LogP contribution in [0.5, 0.6) is 0 Å². The first-order valence-electron chi connectivity index (χ1n) is 5.43. The van der Waals surface area contributed by atoms with Crippen molar-refractivity contribution in [2.45, 2.75) is 6.10 Å². The maximum absolute atomic E-state index is 9.71. The van der Waals surface area contributed by atoms with Gasteiger partial charge in [0.15, 0.2) is 0 Å². The molecule has 1 aromatic carbocycles. The maximum atomic E-state index is 9.71. The van der Waals surface area contributed by atoms with Crippen molar-refractivity contribution < 1.29 is 9.84 Å². The fourth-order valence-electron chi connectivity index (χ4n) is 1.70. The van der Waals surface area contributed by atoms with Crippen LogP contribution in [0.2, 0.25) is 5.02 Å². The number of aliphatic hydroxyl groups is 1. The fourth-order valence-corrected chi connectivity index (χ4v) is 2.03. The largest absolute Gasteiger partial charge is 0.389 e. The van der Waals surface area contributed by atoms with Crippen LogP contribution in [-0.2, 0) is 4.74 Å². The van der Waals surface area contributed by atoms with E-state index in [1.807, 2.05) is 18.0 Å². The number of aliphatic hydroxyl groups excluding tert-OH is 1. The molecule has 1 atom stereocenters. The van der Waals surface area contributed by atoms with Crippen LogP contribution in [0.4, 0.5) is 5.69 Å². The van der Waals surface area contributed by atoms with Crippen molar-refractivity contribution in [3.05, 3.63) is 28.8 Å². The van der Waals surface area contributed by atoms with Crippen LogP contribution in [0.1, 0.15) is 5.56 Å². The Bertz CT molecular complexity index is 429. The highest BCUT2D eigenvalue weighted by Crippen LogP contribution is 2.23. The number of benzene rings is 1. The number of rotatable bonds is 6. The quantitative estimate of drug-likeness (QED) is 0.775. The first kappa shape index (κ1) is 15.2. The molecule has 18 heavy (non-hydrogen) atoms. The number of hydrogen-bond donors (Lipinski definition) is 2. The van der Waals surface area contributed by atoms with Gasteiger partial charge in [0.05, 0.1) is 12.7 Å². The summed E-state index contributed by atoms with van der Waals surface area (Å²) >= 11 is 10.9. The molecule has 1 aromatic rings. The number of nitrogens with two attached hydrogens (primary N) is 1. The van der Waals surface area contributed by atoms with Crippen LogP contribution in [0.15, 0.2) is 18.2 Å². The van der Waals surface area contributed by atoms with E-state index >= 15 is 0 Å². The number of halogens is 1. The molecular formula is C12H17ClN2O2S. The highest BCUT2D eigenvalue weighted by Gasteiger charge is 2.13. The normalized spacial score (nSPS) is 12.2. The first-order chi connectivity index (χ1) is 8.45. The zero-order chi connectivity index (χ0) is 13.7. The van der Waals surface area contributed by atoms with Crippen molar-refractivity contribution in [3.8, 4) is 0 Å². The summed E-state index contributed by atoms with van der Waals surface area (Å²) < 4.78 is 4.89. The lowest BCUT2D eigenvalue weighted by Crippen LogP contribution is -2.33. The zero-order valence-electron chi connectivity index (χ0n) is 10.4. The van der Waals surface area contributed by atoms with Crippen LogP contribution in [0.25, 0.3) is 0 Å². The summed E-state index contributed by atoms with van der Waals surface area (Å²) in [5.74, 6) is 0. The van der Waals surface area contributed by atoms with Gasteiger partial charge < -0.3 is 20.5 Å². The van der Waals surface area contributed by atoms with Crippen molar-refractivity contribution in [2.24, 2.45) is 5.73 Å². The summed E-state index contributed by atoms with van der Waals surface area (Å²) in [5.41, 5.74) is 7.20. The average molecular weight is 289 g/mol. The molecular weight excluding hydrogens is 272 g/mol. The molecule has 1 rings (SSSR count). The van der Waals surface area contributed by atoms with E-state index in [1.165, 1.54) is 0 Å². The molecule has 0 fully saturated rings. The van der Waals surface area contributed by atoms with Gasteiger partial charge in [-0.3, -0.25) is 0 Å². The van der Waals surface area contributed by atoms with Crippen LogP contribution >= 0.6 is 23.8 Å². The molecule has 4 nitrogen and oxygen atoms in total. The predicted molar refractivity (Wildman–Crippen MR) is 78.5 cm³/mol. The van der Waals surface area contributed by atoms with E-state index in [0.29, 0.717) is 17.1 Å². The molecule has 0 saturated carbocycles. The Hall–Kier alpha value is -0.880. The molecule has 100 valence electrons. The van der Waals surface area contributed by atoms with Crippen LogP contribution < -0.4 is 10.6 Å². The average Bonchev–Trinajstić information content (AvgIpc) is 2.28. The Morgan fingerprint density at radius 3 is 2.83 bits per heavy atom. The van der Waals surface area contributed by atoms with E-state index in [1.54, 1.807) is 19.2 Å². The lowest BCUT2D eigenvalue weighted by molar-refractivity contribution is 0.0695. The van der Waals surface area contributed by atoms with Gasteiger partial charge in [-0.05, 0) is 18.2 Å². The third kappa shape index (κ3) is 4.10. The Labute approximate surface area is 117 Å². The SMILES string of the molecule is COCC(O)CN(C)c1ccc(Cl)cc1C(N)=S. The first-order valence-corrected chi connectivity index (χ1v) is 6.21. The molecule has 0 spiro atoms. The van der Waals surface area contributed by atoms with Gasteiger partial charge in [0.1, 0.15) is 4.99 Å². The summed E-state index contributed by atoms with van der Waals surface area (Å²) in [7, 11) is 3.40. The van der Waals surface area contributed by atoms with Crippen molar-refractivity contribution in [3.63, 3.8) is 0 Å². The van der Waals surface area contributed by atoms with Crippen molar-refractivity contribution in [1.82, 2.24) is 0 Å². The number of methoxy groups -OCH3 is 1. The summed E-state index contributed by atoms with van der Waals surface area (Å²) in [5, 5.41) is 10.3. The number of likely N-dealkylation sites (N-methyl/N-ethyl adjacent to an activating group) is 1. The number of hydrogen-bond acceptors (Lipinski definition) is 4. The van der Waals surface area contributed by atoms with Gasteiger partial charge in [0.25, 0.3) is 0 Å². The second-order valence-electron chi connectivity index (χ2n) is 4.02. The number of ether oxygens (including phenoxy) is 1. The van der Waals surface area contributed by atoms with Gasteiger partial charge in [-0.1, -0.05) is 23.8 Å². The molecule has 0 aliphatic carbocycles. The van der Waals surface area contributed by atoms with E-state index in [0.717, 1.165) is 5.69 Å². The second kappa shape index (κ2) is 6.89. The lowest BCUT2D eigenvalue weighted by Gasteiger charge is -2.24. The minimum Gasteiger partial charge on any atom is -0.389 e. The van der Waals surface area contributed by atoms with E-state index in [2.05, 4.69) is 0 Å². The van der Waals surface area contributed by atoms with E-state index in [-0.39, 0.29) is 11.6 Å². The van der Waals surface area contributed by atoms with Gasteiger partial charge in [-0.15, -0.1) is 0 Å². The minimum atomic E-state index is -0.574. The molecule has 1 unspecified atom stereocenters. The molecule has 0 aromatic heterocycles. The second-order valence-corrected chi connectivity index (χ2v) is 4.89. The summed E-state index contributed by atoms with van der Waals surface area (Å²) in [4.78, 5) is 2.15. The molecule has 6 heteroatoms. The topological polar surface area (TPSA) is 58.7 Å². The molecule has 0 amide bonds. The minimum absolute atomic E-state index is 0.278. The maximum Gasteiger partial charge on any atom is 0.106 e. The Kier molecular flexibility index (Phi) is 5.81. The number of thiocarbonyl (C=S) groups is 1. The van der Waals surface area contributed by atoms with Crippen molar-refractivity contribution in [1.29, 1.82) is 0 Å². The van der Waals surface area contributed by atoms with Crippen LogP contribution in [0, 0.1) is 0 Å². The summed E-state index contributed by atoms with van der Waals surface area (Å²) in [6, 6.07) is 5.31. The highest BCUT2D eigenvalue weighted by atomic mass is 35.5. The van der Waals surface area contributed by atoms with Gasteiger partial charge in [0, 0.05) is 37.0 Å². The predicted octanol–water partition coefficient (Wildman–Crippen LogP) is 1.42. The van der Waals surface area contributed by atoms with Crippen molar-refractivity contribution in [2.75, 3.05) is 32.2 Å². The monoisotopic (exact) mass is 288 g/mol. The Morgan fingerprint density at radius 2 is 2.28 bits per heavy atom. The van der Waals surface area contributed by atoms with Gasteiger partial charge in [-0.2, -0.15) is 0 Å². The van der Waals surface area contributed by atoms with Gasteiger partial charge in [-0.25, -0.2) is 0 Å². The Balaban J connectivity index is 2.91. The van der Waals surface area contributed by atoms with Crippen LogP contribution in [0.3, 0.4) is 0 Å². The van der Waals surface area contributed by atoms with Crippen LogP contribution in [-0.4, -0.2) is 43.5 Å². The standard InChI is InChI=1S/C12H17ClN2O2S/c1-15(6-9(16)7-17-2)11-4-3-8(13)5-10(11)12(14)18/h3-5,9,16H,6-7H2,1-2H3,(H2,14,18). The molecule has 0 aliphatic heterocycles. The fraction of sp³-hybridized carbons (Fsp3) is 0.417. The molecule has 0 heterocycles. The molecule has 0 bridgehead atoms. The smallest absolute Gasteiger partial charge is 0.106 e. The van der Waals surface area contributed by atoms with Gasteiger partial charge in [0.2, 0.25) is 0 Å². The van der Waals surface area contributed by atoms with Crippen molar-refractivity contribution >= 4 is 34.5 Å². The van der Waals surface area contributed by atoms with E-state index in [9.17, 15) is 5.11 Å². The number of anilines is 1. The molecule has 3 N–H and O–H groups in total. The molecule has 0 aliphatic rings. The summed E-state index contributed by atoms with van der Waals surface area (Å²) in [6.07, 6.45) is -0.574. The lowest BCUT2D eigenvalue weighted by atomic mass is 10.1. The van der Waals surface area contributed by atoms with E-state index < -0.39 is 6.10 Å². The third-order valence-electron chi connectivity index (χ3n) is 2.48.